The topological polar surface area (TPSA) is 41.6 Å². The Hall–Kier alpha value is -1.55. The number of methoxy groups -OCH3 is 1. The number of hydrogen-bond acceptors (Lipinski definition) is 4. The molecule has 4 heteroatoms. The number of hydrogen-bond donors (Lipinski definition) is 1. The smallest absolute Gasteiger partial charge is 0.152 e. The summed E-state index contributed by atoms with van der Waals surface area (Å²) in [5, 5.41) is 3.52. The largest absolute Gasteiger partial charge is 0.496 e. The summed E-state index contributed by atoms with van der Waals surface area (Å²) in [7, 11) is 3.87. The van der Waals surface area contributed by atoms with Gasteiger partial charge in [0.15, 0.2) is 6.29 Å². The van der Waals surface area contributed by atoms with Crippen molar-refractivity contribution in [1.82, 2.24) is 4.90 Å². The average Bonchev–Trinajstić information content (AvgIpc) is 3.21. The second kappa shape index (κ2) is 6.16. The lowest BCUT2D eigenvalue weighted by Crippen LogP contribution is -2.31. The predicted molar refractivity (Wildman–Crippen MR) is 93.7 cm³/mol. The highest BCUT2D eigenvalue weighted by molar-refractivity contribution is 5.85. The molecule has 0 bridgehead atoms. The van der Waals surface area contributed by atoms with E-state index in [1.807, 2.05) is 6.07 Å². The van der Waals surface area contributed by atoms with E-state index in [-0.39, 0.29) is 0 Å². The molecule has 23 heavy (non-hydrogen) atoms. The Labute approximate surface area is 139 Å². The maximum Gasteiger partial charge on any atom is 0.152 e. The van der Waals surface area contributed by atoms with Gasteiger partial charge in [-0.3, -0.25) is 4.79 Å². The van der Waals surface area contributed by atoms with Crippen LogP contribution in [-0.4, -0.2) is 44.5 Å². The molecule has 0 amide bonds. The van der Waals surface area contributed by atoms with E-state index in [0.29, 0.717) is 22.9 Å². The van der Waals surface area contributed by atoms with Crippen molar-refractivity contribution in [2.24, 2.45) is 5.41 Å². The van der Waals surface area contributed by atoms with Crippen LogP contribution in [0.4, 0.5) is 5.69 Å². The van der Waals surface area contributed by atoms with Crippen LogP contribution in [0.5, 0.6) is 5.75 Å². The Morgan fingerprint density at radius 3 is 2.70 bits per heavy atom. The lowest BCUT2D eigenvalue weighted by Gasteiger charge is -2.22. The van der Waals surface area contributed by atoms with Gasteiger partial charge < -0.3 is 15.0 Å². The molecular weight excluding hydrogens is 288 g/mol. The lowest BCUT2D eigenvalue weighted by atomic mass is 9.98. The molecule has 0 aromatic heterocycles. The third-order valence-corrected chi connectivity index (χ3v) is 5.51. The number of nitrogens with one attached hydrogen (secondary N) is 1. The summed E-state index contributed by atoms with van der Waals surface area (Å²) in [5.74, 6) is 1.15. The average molecular weight is 316 g/mol. The van der Waals surface area contributed by atoms with Crippen LogP contribution < -0.4 is 10.1 Å². The summed E-state index contributed by atoms with van der Waals surface area (Å²) in [4.78, 5) is 13.9. The monoisotopic (exact) mass is 316 g/mol. The molecule has 3 rings (SSSR count). The van der Waals surface area contributed by atoms with E-state index in [0.717, 1.165) is 29.8 Å². The van der Waals surface area contributed by atoms with Crippen molar-refractivity contribution in [2.45, 2.75) is 45.1 Å². The van der Waals surface area contributed by atoms with E-state index in [1.54, 1.807) is 7.11 Å². The van der Waals surface area contributed by atoms with Crippen molar-refractivity contribution in [1.29, 1.82) is 0 Å². The second-order valence-electron chi connectivity index (χ2n) is 7.61. The summed E-state index contributed by atoms with van der Waals surface area (Å²) in [6.07, 6.45) is 4.96. The van der Waals surface area contributed by atoms with E-state index < -0.39 is 0 Å². The lowest BCUT2D eigenvalue weighted by molar-refractivity contribution is 0.112. The second-order valence-corrected chi connectivity index (χ2v) is 7.61. The molecule has 2 fully saturated rings. The molecule has 1 aromatic rings. The van der Waals surface area contributed by atoms with Crippen molar-refractivity contribution in [3.63, 3.8) is 0 Å². The van der Waals surface area contributed by atoms with Crippen LogP contribution in [0.25, 0.3) is 0 Å². The highest BCUT2D eigenvalue weighted by Gasteiger charge is 2.50. The van der Waals surface area contributed by atoms with Crippen LogP contribution in [0, 0.1) is 5.41 Å². The van der Waals surface area contributed by atoms with E-state index >= 15 is 0 Å². The number of likely N-dealkylation sites (tertiary alicyclic amines) is 1. The highest BCUT2D eigenvalue weighted by Crippen LogP contribution is 2.54. The fourth-order valence-corrected chi connectivity index (χ4v) is 3.86. The number of benzene rings is 1. The molecule has 1 atom stereocenters. The van der Waals surface area contributed by atoms with Crippen LogP contribution in [0.3, 0.4) is 0 Å². The quantitative estimate of drug-likeness (QED) is 0.815. The zero-order chi connectivity index (χ0) is 16.6. The fraction of sp³-hybridized carbons (Fsp3) is 0.632. The predicted octanol–water partition coefficient (Wildman–Crippen LogP) is 3.53. The SMILES string of the molecule is COc1cc(C=O)c(NCC2CC3(CC3)CN2C)cc1C(C)C. The standard InChI is InChI=1S/C19H28N2O2/c1-13(2)16-8-17(14(11-22)7-18(16)23-4)20-10-15-9-19(5-6-19)12-21(15)3/h7-8,11,13,15,20H,5-6,9-10,12H2,1-4H3. The van der Waals surface area contributed by atoms with E-state index in [2.05, 4.69) is 37.2 Å². The molecule has 1 N–H and O–H groups in total. The molecule has 4 nitrogen and oxygen atoms in total. The van der Waals surface area contributed by atoms with Gasteiger partial charge in [0.05, 0.1) is 7.11 Å². The number of nitrogens with zero attached hydrogens (tertiary/aromatic N) is 1. The summed E-state index contributed by atoms with van der Waals surface area (Å²) in [6, 6.07) is 4.49. The minimum absolute atomic E-state index is 0.357. The molecule has 1 aliphatic heterocycles. The normalized spacial score (nSPS) is 22.6. The van der Waals surface area contributed by atoms with Crippen LogP contribution in [0.1, 0.15) is 54.9 Å². The third kappa shape index (κ3) is 3.23. The van der Waals surface area contributed by atoms with Crippen LogP contribution in [0.2, 0.25) is 0 Å². The van der Waals surface area contributed by atoms with Crippen LogP contribution in [-0.2, 0) is 0 Å². The minimum Gasteiger partial charge on any atom is -0.496 e. The molecule has 1 aromatic carbocycles. The Balaban J connectivity index is 1.76. The van der Waals surface area contributed by atoms with Gasteiger partial charge >= 0.3 is 0 Å². The zero-order valence-electron chi connectivity index (χ0n) is 14.7. The molecule has 1 heterocycles. The highest BCUT2D eigenvalue weighted by atomic mass is 16.5. The molecule has 0 radical (unpaired) electrons. The molecule has 1 spiro atoms. The fourth-order valence-electron chi connectivity index (χ4n) is 3.86. The van der Waals surface area contributed by atoms with E-state index in [4.69, 9.17) is 4.74 Å². The number of likely N-dealkylation sites (N-methyl/N-ethyl adjacent to an activating group) is 1. The van der Waals surface area contributed by atoms with Gasteiger partial charge in [-0.2, -0.15) is 0 Å². The van der Waals surface area contributed by atoms with Crippen LogP contribution >= 0.6 is 0 Å². The Kier molecular flexibility index (Phi) is 4.37. The maximum absolute atomic E-state index is 11.4. The maximum atomic E-state index is 11.4. The molecule has 1 unspecified atom stereocenters. The van der Waals surface area contributed by atoms with Crippen molar-refractivity contribution < 1.29 is 9.53 Å². The first-order valence-electron chi connectivity index (χ1n) is 8.59. The molecule has 126 valence electrons. The summed E-state index contributed by atoms with van der Waals surface area (Å²) in [6.45, 7) is 6.40. The Morgan fingerprint density at radius 2 is 2.17 bits per heavy atom. The first-order chi connectivity index (χ1) is 11.0. The van der Waals surface area contributed by atoms with Crippen molar-refractivity contribution in [3.8, 4) is 5.75 Å². The number of ether oxygens (including phenoxy) is 1. The zero-order valence-corrected chi connectivity index (χ0v) is 14.7. The van der Waals surface area contributed by atoms with Gasteiger partial charge in [-0.25, -0.2) is 0 Å². The molecule has 1 saturated carbocycles. The van der Waals surface area contributed by atoms with Crippen molar-refractivity contribution >= 4 is 12.0 Å². The number of carbonyl (C=O) groups is 1. The summed E-state index contributed by atoms with van der Waals surface area (Å²) in [5.41, 5.74) is 3.35. The van der Waals surface area contributed by atoms with Gasteiger partial charge in [-0.1, -0.05) is 13.8 Å². The molecule has 1 aliphatic carbocycles. The van der Waals surface area contributed by atoms with Gasteiger partial charge in [-0.15, -0.1) is 0 Å². The van der Waals surface area contributed by atoms with Gasteiger partial charge in [0.1, 0.15) is 5.75 Å². The number of rotatable bonds is 6. The first-order valence-corrected chi connectivity index (χ1v) is 8.59. The summed E-state index contributed by atoms with van der Waals surface area (Å²) >= 11 is 0. The Morgan fingerprint density at radius 1 is 1.43 bits per heavy atom. The third-order valence-electron chi connectivity index (χ3n) is 5.51. The first kappa shape index (κ1) is 16.3. The number of anilines is 1. The van der Waals surface area contributed by atoms with Crippen molar-refractivity contribution in [3.05, 3.63) is 23.3 Å². The van der Waals surface area contributed by atoms with Gasteiger partial charge in [0.25, 0.3) is 0 Å². The van der Waals surface area contributed by atoms with E-state index in [1.165, 1.54) is 25.8 Å². The Bertz CT molecular complexity index is 593. The minimum atomic E-state index is 0.357. The van der Waals surface area contributed by atoms with E-state index in [9.17, 15) is 4.79 Å². The van der Waals surface area contributed by atoms with Gasteiger partial charge in [0, 0.05) is 30.4 Å². The van der Waals surface area contributed by atoms with Crippen LogP contribution in [0.15, 0.2) is 12.1 Å². The summed E-state index contributed by atoms with van der Waals surface area (Å²) < 4.78 is 5.44. The van der Waals surface area contributed by atoms with Gasteiger partial charge in [0.2, 0.25) is 0 Å². The molecular formula is C19H28N2O2. The number of carbonyl (C=O) groups excluding carboxylic acids is 1. The van der Waals surface area contributed by atoms with Gasteiger partial charge in [-0.05, 0) is 55.3 Å². The molecule has 1 saturated heterocycles. The molecule has 2 aliphatic rings. The van der Waals surface area contributed by atoms with Crippen molar-refractivity contribution in [2.75, 3.05) is 32.6 Å². The number of aldehydes is 1.